The summed E-state index contributed by atoms with van der Waals surface area (Å²) in [4.78, 5) is 12.0. The Kier molecular flexibility index (Phi) is 4.49. The van der Waals surface area contributed by atoms with E-state index in [1.165, 1.54) is 18.2 Å². The zero-order valence-corrected chi connectivity index (χ0v) is 11.9. The maximum atomic E-state index is 13.1. The molecule has 0 saturated heterocycles. The lowest BCUT2D eigenvalue weighted by Crippen LogP contribution is -2.23. The molecule has 1 amide bonds. The summed E-state index contributed by atoms with van der Waals surface area (Å²) in [6, 6.07) is 12.9. The minimum atomic E-state index is -0.461. The van der Waals surface area contributed by atoms with E-state index in [0.29, 0.717) is 16.6 Å². The van der Waals surface area contributed by atoms with Gasteiger partial charge in [-0.05, 0) is 51.8 Å². The second-order valence-corrected chi connectivity index (χ2v) is 4.97. The number of nitrogens with one attached hydrogen (secondary N) is 1. The maximum Gasteiger partial charge on any atom is 0.252 e. The molecule has 0 atom stereocenters. The van der Waals surface area contributed by atoms with Crippen LogP contribution in [0.2, 0.25) is 0 Å². The molecule has 2 aromatic rings. The van der Waals surface area contributed by atoms with E-state index in [9.17, 15) is 9.18 Å². The van der Waals surface area contributed by atoms with E-state index >= 15 is 0 Å². The highest BCUT2D eigenvalue weighted by atomic mass is 79.9. The van der Waals surface area contributed by atoms with Crippen LogP contribution in [0.1, 0.15) is 21.5 Å². The second kappa shape index (κ2) is 6.31. The molecule has 0 radical (unpaired) electrons. The van der Waals surface area contributed by atoms with E-state index in [4.69, 9.17) is 5.26 Å². The van der Waals surface area contributed by atoms with Gasteiger partial charge in [-0.15, -0.1) is 0 Å². The number of carbonyl (C=O) groups excluding carboxylic acids is 1. The highest BCUT2D eigenvalue weighted by Crippen LogP contribution is 2.17. The van der Waals surface area contributed by atoms with Crippen molar-refractivity contribution < 1.29 is 9.18 Å². The fraction of sp³-hybridized carbons (Fsp3) is 0.0667. The predicted octanol–water partition coefficient (Wildman–Crippen LogP) is 3.39. The predicted molar refractivity (Wildman–Crippen MR) is 76.4 cm³/mol. The zero-order chi connectivity index (χ0) is 14.5. The largest absolute Gasteiger partial charge is 0.348 e. The molecule has 0 aliphatic heterocycles. The van der Waals surface area contributed by atoms with Crippen molar-refractivity contribution in [2.45, 2.75) is 6.54 Å². The van der Waals surface area contributed by atoms with E-state index in [1.807, 2.05) is 6.07 Å². The fourth-order valence-corrected chi connectivity index (χ4v) is 2.07. The molecule has 0 aliphatic rings. The van der Waals surface area contributed by atoms with Gasteiger partial charge in [0, 0.05) is 11.0 Å². The van der Waals surface area contributed by atoms with Crippen LogP contribution in [0.15, 0.2) is 46.9 Å². The van der Waals surface area contributed by atoms with E-state index in [2.05, 4.69) is 21.2 Å². The molecule has 2 rings (SSSR count). The van der Waals surface area contributed by atoms with E-state index in [1.54, 1.807) is 24.3 Å². The van der Waals surface area contributed by atoms with E-state index in [0.717, 1.165) is 5.56 Å². The highest BCUT2D eigenvalue weighted by molar-refractivity contribution is 9.10. The molecule has 0 saturated carbocycles. The van der Waals surface area contributed by atoms with Crippen molar-refractivity contribution in [3.8, 4) is 6.07 Å². The van der Waals surface area contributed by atoms with Crippen molar-refractivity contribution in [3.05, 3.63) is 69.4 Å². The molecule has 2 aromatic carbocycles. The molecule has 0 aliphatic carbocycles. The Morgan fingerprint density at radius 3 is 2.60 bits per heavy atom. The molecule has 0 fully saturated rings. The average Bonchev–Trinajstić information content (AvgIpc) is 2.47. The molecular formula is C15H10BrFN2O. The summed E-state index contributed by atoms with van der Waals surface area (Å²) >= 11 is 3.21. The van der Waals surface area contributed by atoms with Crippen molar-refractivity contribution in [1.82, 2.24) is 5.32 Å². The molecule has 0 aromatic heterocycles. The van der Waals surface area contributed by atoms with Gasteiger partial charge in [0.15, 0.2) is 0 Å². The van der Waals surface area contributed by atoms with Crippen molar-refractivity contribution in [2.24, 2.45) is 0 Å². The summed E-state index contributed by atoms with van der Waals surface area (Å²) in [7, 11) is 0. The average molecular weight is 333 g/mol. The van der Waals surface area contributed by atoms with Crippen LogP contribution in [0.25, 0.3) is 0 Å². The van der Waals surface area contributed by atoms with Crippen LogP contribution in [-0.2, 0) is 6.54 Å². The van der Waals surface area contributed by atoms with Crippen LogP contribution in [-0.4, -0.2) is 5.91 Å². The number of amides is 1. The van der Waals surface area contributed by atoms with Crippen molar-refractivity contribution in [3.63, 3.8) is 0 Å². The molecule has 0 unspecified atom stereocenters. The van der Waals surface area contributed by atoms with Crippen LogP contribution >= 0.6 is 15.9 Å². The van der Waals surface area contributed by atoms with Gasteiger partial charge in [0.05, 0.1) is 17.2 Å². The monoisotopic (exact) mass is 332 g/mol. The standard InChI is InChI=1S/C15H10BrFN2O/c16-14-6-5-12(17)7-13(14)15(20)19-9-11-3-1-10(8-18)2-4-11/h1-7H,9H2,(H,19,20). The second-order valence-electron chi connectivity index (χ2n) is 4.12. The van der Waals surface area contributed by atoms with Gasteiger partial charge in [-0.1, -0.05) is 12.1 Å². The Morgan fingerprint density at radius 2 is 1.95 bits per heavy atom. The molecule has 5 heteroatoms. The normalized spacial score (nSPS) is 9.85. The number of benzene rings is 2. The molecular weight excluding hydrogens is 323 g/mol. The SMILES string of the molecule is N#Cc1ccc(CNC(=O)c2cc(F)ccc2Br)cc1. The molecule has 3 nitrogen and oxygen atoms in total. The lowest BCUT2D eigenvalue weighted by Gasteiger charge is -2.07. The number of nitriles is 1. The molecule has 0 bridgehead atoms. The van der Waals surface area contributed by atoms with Crippen molar-refractivity contribution >= 4 is 21.8 Å². The fourth-order valence-electron chi connectivity index (χ4n) is 1.65. The first-order valence-electron chi connectivity index (χ1n) is 5.82. The Hall–Kier alpha value is -2.19. The van der Waals surface area contributed by atoms with Crippen molar-refractivity contribution in [1.29, 1.82) is 5.26 Å². The van der Waals surface area contributed by atoms with Gasteiger partial charge in [-0.3, -0.25) is 4.79 Å². The van der Waals surface area contributed by atoms with Crippen LogP contribution in [0.5, 0.6) is 0 Å². The maximum absolute atomic E-state index is 13.1. The van der Waals surface area contributed by atoms with Gasteiger partial charge in [0.1, 0.15) is 5.82 Å². The number of hydrogen-bond donors (Lipinski definition) is 1. The Balaban J connectivity index is 2.04. The highest BCUT2D eigenvalue weighted by Gasteiger charge is 2.10. The van der Waals surface area contributed by atoms with E-state index in [-0.39, 0.29) is 11.5 Å². The zero-order valence-electron chi connectivity index (χ0n) is 10.4. The van der Waals surface area contributed by atoms with Gasteiger partial charge in [-0.25, -0.2) is 4.39 Å². The summed E-state index contributed by atoms with van der Waals surface area (Å²) in [5.74, 6) is -0.822. The molecule has 1 N–H and O–H groups in total. The third-order valence-electron chi connectivity index (χ3n) is 2.71. The minimum absolute atomic E-state index is 0.249. The summed E-state index contributed by atoms with van der Waals surface area (Å²) in [5, 5.41) is 11.4. The first-order chi connectivity index (χ1) is 9.60. The Labute approximate surface area is 124 Å². The third-order valence-corrected chi connectivity index (χ3v) is 3.40. The minimum Gasteiger partial charge on any atom is -0.348 e. The molecule has 0 heterocycles. The number of rotatable bonds is 3. The Morgan fingerprint density at radius 1 is 1.25 bits per heavy atom. The number of hydrogen-bond acceptors (Lipinski definition) is 2. The summed E-state index contributed by atoms with van der Waals surface area (Å²) in [6.07, 6.45) is 0. The summed E-state index contributed by atoms with van der Waals surface area (Å²) in [6.45, 7) is 0.313. The van der Waals surface area contributed by atoms with Crippen LogP contribution in [0.3, 0.4) is 0 Å². The number of nitrogens with zero attached hydrogens (tertiary/aromatic N) is 1. The molecule has 20 heavy (non-hydrogen) atoms. The lowest BCUT2D eigenvalue weighted by molar-refractivity contribution is 0.0949. The van der Waals surface area contributed by atoms with Gasteiger partial charge in [-0.2, -0.15) is 5.26 Å². The van der Waals surface area contributed by atoms with E-state index < -0.39 is 5.82 Å². The quantitative estimate of drug-likeness (QED) is 0.936. The molecule has 0 spiro atoms. The molecule has 100 valence electrons. The first kappa shape index (κ1) is 14.2. The van der Waals surface area contributed by atoms with Gasteiger partial charge in [0.25, 0.3) is 5.91 Å². The first-order valence-corrected chi connectivity index (χ1v) is 6.62. The Bertz CT molecular complexity index is 677. The van der Waals surface area contributed by atoms with Crippen LogP contribution in [0.4, 0.5) is 4.39 Å². The summed E-state index contributed by atoms with van der Waals surface area (Å²) < 4.78 is 13.7. The smallest absolute Gasteiger partial charge is 0.252 e. The summed E-state index contributed by atoms with van der Waals surface area (Å²) in [5.41, 5.74) is 1.68. The number of carbonyl (C=O) groups is 1. The van der Waals surface area contributed by atoms with Gasteiger partial charge < -0.3 is 5.32 Å². The lowest BCUT2D eigenvalue weighted by atomic mass is 10.1. The van der Waals surface area contributed by atoms with Gasteiger partial charge >= 0.3 is 0 Å². The van der Waals surface area contributed by atoms with Gasteiger partial charge in [0.2, 0.25) is 0 Å². The van der Waals surface area contributed by atoms with Crippen LogP contribution in [0, 0.1) is 17.1 Å². The topological polar surface area (TPSA) is 52.9 Å². The third kappa shape index (κ3) is 3.43. The van der Waals surface area contributed by atoms with Crippen LogP contribution < -0.4 is 5.32 Å². The van der Waals surface area contributed by atoms with Crippen molar-refractivity contribution in [2.75, 3.05) is 0 Å². The number of halogens is 2.